The summed E-state index contributed by atoms with van der Waals surface area (Å²) in [5.41, 5.74) is 6.81. The molecule has 1 atom stereocenters. The SMILES string of the molecule is COc1ccc(CN2CCOC(CN)C2)cc1Cl. The normalized spacial score (nSPS) is 20.9. The standard InChI is InChI=1S/C13H19ClN2O2/c1-17-13-3-2-10(6-12(13)14)8-16-4-5-18-11(7-15)9-16/h2-3,6,11H,4-5,7-9,15H2,1H3. The highest BCUT2D eigenvalue weighted by atomic mass is 35.5. The Balaban J connectivity index is 1.98. The van der Waals surface area contributed by atoms with E-state index in [2.05, 4.69) is 4.90 Å². The van der Waals surface area contributed by atoms with E-state index in [9.17, 15) is 0 Å². The van der Waals surface area contributed by atoms with Crippen molar-refractivity contribution < 1.29 is 9.47 Å². The average molecular weight is 271 g/mol. The molecular formula is C13H19ClN2O2. The Morgan fingerprint density at radius 3 is 3.06 bits per heavy atom. The maximum Gasteiger partial charge on any atom is 0.137 e. The summed E-state index contributed by atoms with van der Waals surface area (Å²) in [4.78, 5) is 2.33. The number of nitrogens with zero attached hydrogens (tertiary/aromatic N) is 1. The van der Waals surface area contributed by atoms with Gasteiger partial charge in [0, 0.05) is 26.2 Å². The van der Waals surface area contributed by atoms with E-state index < -0.39 is 0 Å². The van der Waals surface area contributed by atoms with Gasteiger partial charge < -0.3 is 15.2 Å². The number of benzene rings is 1. The van der Waals surface area contributed by atoms with Crippen molar-refractivity contribution in [3.8, 4) is 5.75 Å². The van der Waals surface area contributed by atoms with Gasteiger partial charge in [-0.25, -0.2) is 0 Å². The summed E-state index contributed by atoms with van der Waals surface area (Å²) in [6.07, 6.45) is 0.146. The van der Waals surface area contributed by atoms with Crippen LogP contribution in [0.15, 0.2) is 18.2 Å². The topological polar surface area (TPSA) is 47.7 Å². The van der Waals surface area contributed by atoms with Crippen LogP contribution in [-0.4, -0.2) is 44.4 Å². The van der Waals surface area contributed by atoms with Crippen molar-refractivity contribution in [1.29, 1.82) is 0 Å². The Morgan fingerprint density at radius 2 is 2.39 bits per heavy atom. The second-order valence-corrected chi connectivity index (χ2v) is 4.84. The molecule has 2 rings (SSSR count). The van der Waals surface area contributed by atoms with E-state index in [4.69, 9.17) is 26.8 Å². The summed E-state index contributed by atoms with van der Waals surface area (Å²) in [7, 11) is 1.62. The van der Waals surface area contributed by atoms with Gasteiger partial charge in [0.15, 0.2) is 0 Å². The largest absolute Gasteiger partial charge is 0.495 e. The van der Waals surface area contributed by atoms with Gasteiger partial charge in [-0.1, -0.05) is 17.7 Å². The zero-order chi connectivity index (χ0) is 13.0. The molecule has 1 aliphatic rings. The van der Waals surface area contributed by atoms with Gasteiger partial charge in [-0.3, -0.25) is 4.90 Å². The van der Waals surface area contributed by atoms with Crippen LogP contribution in [0.3, 0.4) is 0 Å². The van der Waals surface area contributed by atoms with Gasteiger partial charge in [0.25, 0.3) is 0 Å². The van der Waals surface area contributed by atoms with Crippen molar-refractivity contribution in [2.45, 2.75) is 12.6 Å². The Bertz CT molecular complexity index is 401. The monoisotopic (exact) mass is 270 g/mol. The minimum absolute atomic E-state index is 0.146. The molecule has 0 amide bonds. The van der Waals surface area contributed by atoms with Gasteiger partial charge in [0.05, 0.1) is 24.8 Å². The summed E-state index contributed by atoms with van der Waals surface area (Å²) in [5, 5.41) is 0.652. The summed E-state index contributed by atoms with van der Waals surface area (Å²) < 4.78 is 10.7. The molecule has 1 aromatic rings. The van der Waals surface area contributed by atoms with Crippen molar-refractivity contribution >= 4 is 11.6 Å². The van der Waals surface area contributed by atoms with Crippen LogP contribution in [0.25, 0.3) is 0 Å². The van der Waals surface area contributed by atoms with Gasteiger partial charge in [0.1, 0.15) is 5.75 Å². The van der Waals surface area contributed by atoms with Crippen LogP contribution in [0.1, 0.15) is 5.56 Å². The third kappa shape index (κ3) is 3.36. The first-order valence-electron chi connectivity index (χ1n) is 6.09. The number of rotatable bonds is 4. The Kier molecular flexibility index (Phi) is 4.83. The van der Waals surface area contributed by atoms with Crippen LogP contribution in [0, 0.1) is 0 Å². The molecule has 0 saturated carbocycles. The fourth-order valence-electron chi connectivity index (χ4n) is 2.13. The number of hydrogen-bond acceptors (Lipinski definition) is 4. The molecule has 0 spiro atoms. The van der Waals surface area contributed by atoms with Crippen LogP contribution < -0.4 is 10.5 Å². The maximum absolute atomic E-state index is 6.11. The van der Waals surface area contributed by atoms with Gasteiger partial charge in [-0.15, -0.1) is 0 Å². The molecule has 1 heterocycles. The molecule has 4 nitrogen and oxygen atoms in total. The zero-order valence-corrected chi connectivity index (χ0v) is 11.3. The molecular weight excluding hydrogens is 252 g/mol. The highest BCUT2D eigenvalue weighted by Crippen LogP contribution is 2.25. The van der Waals surface area contributed by atoms with Crippen molar-refractivity contribution in [3.05, 3.63) is 28.8 Å². The summed E-state index contributed by atoms with van der Waals surface area (Å²) in [6.45, 7) is 3.98. The van der Waals surface area contributed by atoms with E-state index in [1.165, 1.54) is 5.56 Å². The van der Waals surface area contributed by atoms with E-state index in [0.717, 1.165) is 26.2 Å². The molecule has 1 unspecified atom stereocenters. The first-order valence-corrected chi connectivity index (χ1v) is 6.47. The number of ether oxygens (including phenoxy) is 2. The molecule has 0 aliphatic carbocycles. The van der Waals surface area contributed by atoms with Gasteiger partial charge in [0.2, 0.25) is 0 Å². The van der Waals surface area contributed by atoms with E-state index in [1.54, 1.807) is 7.11 Å². The third-order valence-electron chi connectivity index (χ3n) is 3.11. The molecule has 1 fully saturated rings. The van der Waals surface area contributed by atoms with Crippen LogP contribution in [0.5, 0.6) is 5.75 Å². The Labute approximate surface area is 113 Å². The van der Waals surface area contributed by atoms with Crippen LogP contribution in [0.4, 0.5) is 0 Å². The smallest absolute Gasteiger partial charge is 0.137 e. The zero-order valence-electron chi connectivity index (χ0n) is 10.6. The molecule has 18 heavy (non-hydrogen) atoms. The lowest BCUT2D eigenvalue weighted by Crippen LogP contribution is -2.45. The van der Waals surface area contributed by atoms with Crippen LogP contribution >= 0.6 is 11.6 Å². The molecule has 1 aliphatic heterocycles. The summed E-state index contributed by atoms with van der Waals surface area (Å²) >= 11 is 6.11. The van der Waals surface area contributed by atoms with Crippen molar-refractivity contribution in [1.82, 2.24) is 4.90 Å². The quantitative estimate of drug-likeness (QED) is 0.901. The van der Waals surface area contributed by atoms with Crippen molar-refractivity contribution in [2.75, 3.05) is 33.4 Å². The molecule has 100 valence electrons. The van der Waals surface area contributed by atoms with Crippen LogP contribution in [-0.2, 0) is 11.3 Å². The second kappa shape index (κ2) is 6.38. The Hall–Kier alpha value is -0.810. The predicted octanol–water partition coefficient (Wildman–Crippen LogP) is 1.51. The fraction of sp³-hybridized carbons (Fsp3) is 0.538. The van der Waals surface area contributed by atoms with Crippen LogP contribution in [0.2, 0.25) is 5.02 Å². The first kappa shape index (κ1) is 13.6. The number of nitrogens with two attached hydrogens (primary N) is 1. The van der Waals surface area contributed by atoms with E-state index >= 15 is 0 Å². The number of methoxy groups -OCH3 is 1. The lowest BCUT2D eigenvalue weighted by Gasteiger charge is -2.32. The molecule has 1 saturated heterocycles. The number of hydrogen-bond donors (Lipinski definition) is 1. The fourth-order valence-corrected chi connectivity index (χ4v) is 2.41. The molecule has 2 N–H and O–H groups in total. The maximum atomic E-state index is 6.11. The summed E-state index contributed by atoms with van der Waals surface area (Å²) in [6, 6.07) is 5.89. The first-order chi connectivity index (χ1) is 8.72. The third-order valence-corrected chi connectivity index (χ3v) is 3.40. The lowest BCUT2D eigenvalue weighted by atomic mass is 10.2. The number of morpholine rings is 1. The second-order valence-electron chi connectivity index (χ2n) is 4.43. The van der Waals surface area contributed by atoms with E-state index in [1.807, 2.05) is 18.2 Å². The average Bonchev–Trinajstić information content (AvgIpc) is 2.39. The van der Waals surface area contributed by atoms with Gasteiger partial charge in [-0.05, 0) is 17.7 Å². The molecule has 1 aromatic carbocycles. The van der Waals surface area contributed by atoms with Gasteiger partial charge >= 0.3 is 0 Å². The lowest BCUT2D eigenvalue weighted by molar-refractivity contribution is -0.0260. The molecule has 0 bridgehead atoms. The Morgan fingerprint density at radius 1 is 1.56 bits per heavy atom. The minimum atomic E-state index is 0.146. The van der Waals surface area contributed by atoms with E-state index in [-0.39, 0.29) is 6.10 Å². The van der Waals surface area contributed by atoms with E-state index in [0.29, 0.717) is 17.3 Å². The minimum Gasteiger partial charge on any atom is -0.495 e. The number of halogens is 1. The predicted molar refractivity (Wildman–Crippen MR) is 72.1 cm³/mol. The highest BCUT2D eigenvalue weighted by molar-refractivity contribution is 6.32. The molecule has 0 radical (unpaired) electrons. The highest BCUT2D eigenvalue weighted by Gasteiger charge is 2.19. The summed E-state index contributed by atoms with van der Waals surface area (Å²) in [5.74, 6) is 0.710. The van der Waals surface area contributed by atoms with Crippen molar-refractivity contribution in [3.63, 3.8) is 0 Å². The van der Waals surface area contributed by atoms with Gasteiger partial charge in [-0.2, -0.15) is 0 Å². The molecule has 5 heteroatoms. The molecule has 0 aromatic heterocycles. The van der Waals surface area contributed by atoms with Crippen molar-refractivity contribution in [2.24, 2.45) is 5.73 Å².